The van der Waals surface area contributed by atoms with E-state index in [4.69, 9.17) is 4.74 Å². The minimum absolute atomic E-state index is 0.108. The third-order valence-electron chi connectivity index (χ3n) is 4.17. The second-order valence-electron chi connectivity index (χ2n) is 5.70. The molecule has 1 saturated carbocycles. The number of carbonyl (C=O) groups is 1. The summed E-state index contributed by atoms with van der Waals surface area (Å²) in [4.78, 5) is 11.7. The number of carbonyl (C=O) groups excluding carboxylic acids is 1. The summed E-state index contributed by atoms with van der Waals surface area (Å²) < 4.78 is 5.62. The first-order valence-electron chi connectivity index (χ1n) is 7.44. The standard InChI is InChI=1S/C16H28O2/c1-5-7-15(18-16(17)12(3)4)14-10-8-13(6-2)9-11-14/h13-15H,3,5-11H2,1-2,4H3. The Kier molecular flexibility index (Phi) is 6.45. The van der Waals surface area contributed by atoms with Gasteiger partial charge in [-0.2, -0.15) is 0 Å². The zero-order chi connectivity index (χ0) is 13.5. The smallest absolute Gasteiger partial charge is 0.333 e. The van der Waals surface area contributed by atoms with E-state index in [1.165, 1.54) is 32.1 Å². The van der Waals surface area contributed by atoms with Crippen LogP contribution in [0.2, 0.25) is 0 Å². The fraction of sp³-hybridized carbons (Fsp3) is 0.812. The van der Waals surface area contributed by atoms with Gasteiger partial charge in [-0.15, -0.1) is 0 Å². The predicted octanol–water partition coefficient (Wildman–Crippen LogP) is 4.49. The zero-order valence-electron chi connectivity index (χ0n) is 12.2. The molecule has 104 valence electrons. The summed E-state index contributed by atoms with van der Waals surface area (Å²) >= 11 is 0. The summed E-state index contributed by atoms with van der Waals surface area (Å²) in [6.07, 6.45) is 8.48. The molecule has 2 nitrogen and oxygen atoms in total. The molecule has 1 rings (SSSR count). The van der Waals surface area contributed by atoms with Crippen molar-refractivity contribution < 1.29 is 9.53 Å². The Morgan fingerprint density at radius 3 is 2.33 bits per heavy atom. The third kappa shape index (κ3) is 4.47. The molecule has 0 spiro atoms. The van der Waals surface area contributed by atoms with Gasteiger partial charge in [-0.1, -0.05) is 46.1 Å². The van der Waals surface area contributed by atoms with Crippen LogP contribution in [-0.4, -0.2) is 12.1 Å². The monoisotopic (exact) mass is 252 g/mol. The normalized spacial score (nSPS) is 25.5. The molecule has 1 fully saturated rings. The Labute approximate surface area is 112 Å². The minimum atomic E-state index is -0.217. The van der Waals surface area contributed by atoms with E-state index in [2.05, 4.69) is 20.4 Å². The third-order valence-corrected chi connectivity index (χ3v) is 4.17. The highest BCUT2D eigenvalue weighted by molar-refractivity contribution is 5.87. The minimum Gasteiger partial charge on any atom is -0.459 e. The number of hydrogen-bond acceptors (Lipinski definition) is 2. The molecule has 0 aromatic heterocycles. The zero-order valence-corrected chi connectivity index (χ0v) is 12.2. The topological polar surface area (TPSA) is 26.3 Å². The molecule has 0 aromatic carbocycles. The summed E-state index contributed by atoms with van der Waals surface area (Å²) in [5.74, 6) is 1.24. The molecule has 0 radical (unpaired) electrons. The molecule has 2 heteroatoms. The molecule has 0 bridgehead atoms. The number of rotatable bonds is 6. The van der Waals surface area contributed by atoms with Gasteiger partial charge in [0.2, 0.25) is 0 Å². The maximum Gasteiger partial charge on any atom is 0.333 e. The largest absolute Gasteiger partial charge is 0.459 e. The molecule has 1 atom stereocenters. The van der Waals surface area contributed by atoms with E-state index in [-0.39, 0.29) is 12.1 Å². The van der Waals surface area contributed by atoms with E-state index in [0.29, 0.717) is 11.5 Å². The fourth-order valence-corrected chi connectivity index (χ4v) is 2.88. The van der Waals surface area contributed by atoms with Crippen LogP contribution in [0, 0.1) is 11.8 Å². The van der Waals surface area contributed by atoms with Gasteiger partial charge in [0.15, 0.2) is 0 Å². The van der Waals surface area contributed by atoms with E-state index in [0.717, 1.165) is 18.8 Å². The lowest BCUT2D eigenvalue weighted by atomic mass is 9.77. The van der Waals surface area contributed by atoms with Crippen molar-refractivity contribution in [1.29, 1.82) is 0 Å². The molecular weight excluding hydrogens is 224 g/mol. The van der Waals surface area contributed by atoms with Crippen LogP contribution in [0.15, 0.2) is 12.2 Å². The molecule has 18 heavy (non-hydrogen) atoms. The Balaban J connectivity index is 2.51. The van der Waals surface area contributed by atoms with Gasteiger partial charge < -0.3 is 4.74 Å². The van der Waals surface area contributed by atoms with Crippen molar-refractivity contribution >= 4 is 5.97 Å². The van der Waals surface area contributed by atoms with Crippen LogP contribution in [0.4, 0.5) is 0 Å². The lowest BCUT2D eigenvalue weighted by molar-refractivity contribution is -0.148. The molecule has 0 amide bonds. The van der Waals surface area contributed by atoms with Gasteiger partial charge in [-0.25, -0.2) is 4.79 Å². The van der Waals surface area contributed by atoms with E-state index in [1.54, 1.807) is 6.92 Å². The van der Waals surface area contributed by atoms with Gasteiger partial charge in [0.1, 0.15) is 6.10 Å². The predicted molar refractivity (Wildman–Crippen MR) is 75.3 cm³/mol. The van der Waals surface area contributed by atoms with E-state index >= 15 is 0 Å². The van der Waals surface area contributed by atoms with Crippen LogP contribution in [-0.2, 0) is 9.53 Å². The lowest BCUT2D eigenvalue weighted by Gasteiger charge is -2.33. The quantitative estimate of drug-likeness (QED) is 0.514. The molecule has 0 heterocycles. The van der Waals surface area contributed by atoms with Crippen molar-refractivity contribution in [2.75, 3.05) is 0 Å². The first-order chi connectivity index (χ1) is 8.58. The number of esters is 1. The molecule has 0 aromatic rings. The Bertz CT molecular complexity index is 275. The first-order valence-corrected chi connectivity index (χ1v) is 7.44. The highest BCUT2D eigenvalue weighted by Gasteiger charge is 2.29. The van der Waals surface area contributed by atoms with Crippen molar-refractivity contribution in [2.24, 2.45) is 11.8 Å². The van der Waals surface area contributed by atoms with Crippen molar-refractivity contribution in [3.63, 3.8) is 0 Å². The van der Waals surface area contributed by atoms with Gasteiger partial charge in [0.05, 0.1) is 0 Å². The van der Waals surface area contributed by atoms with Crippen LogP contribution in [0.3, 0.4) is 0 Å². The summed E-state index contributed by atoms with van der Waals surface area (Å²) in [6, 6.07) is 0. The maximum absolute atomic E-state index is 11.7. The van der Waals surface area contributed by atoms with Crippen LogP contribution in [0.5, 0.6) is 0 Å². The summed E-state index contributed by atoms with van der Waals surface area (Å²) in [6.45, 7) is 9.81. The average molecular weight is 252 g/mol. The Hall–Kier alpha value is -0.790. The van der Waals surface area contributed by atoms with Gasteiger partial charge in [-0.3, -0.25) is 0 Å². The van der Waals surface area contributed by atoms with Gasteiger partial charge in [0.25, 0.3) is 0 Å². The Morgan fingerprint density at radius 1 is 1.28 bits per heavy atom. The molecular formula is C16H28O2. The highest BCUT2D eigenvalue weighted by atomic mass is 16.5. The maximum atomic E-state index is 11.7. The summed E-state index contributed by atoms with van der Waals surface area (Å²) in [7, 11) is 0. The first kappa shape index (κ1) is 15.3. The molecule has 0 N–H and O–H groups in total. The van der Waals surface area contributed by atoms with E-state index < -0.39 is 0 Å². The van der Waals surface area contributed by atoms with Crippen LogP contribution >= 0.6 is 0 Å². The highest BCUT2D eigenvalue weighted by Crippen LogP contribution is 2.34. The second kappa shape index (κ2) is 7.60. The van der Waals surface area contributed by atoms with Crippen molar-refractivity contribution in [3.8, 4) is 0 Å². The molecule has 1 aliphatic carbocycles. The molecule has 0 aliphatic heterocycles. The van der Waals surface area contributed by atoms with Gasteiger partial charge >= 0.3 is 5.97 Å². The van der Waals surface area contributed by atoms with Crippen LogP contribution in [0.1, 0.15) is 65.7 Å². The summed E-state index contributed by atoms with van der Waals surface area (Å²) in [5, 5.41) is 0. The number of ether oxygens (including phenoxy) is 1. The van der Waals surface area contributed by atoms with Crippen LogP contribution in [0.25, 0.3) is 0 Å². The van der Waals surface area contributed by atoms with Crippen molar-refractivity contribution in [2.45, 2.75) is 71.8 Å². The molecule has 0 saturated heterocycles. The second-order valence-corrected chi connectivity index (χ2v) is 5.70. The fourth-order valence-electron chi connectivity index (χ4n) is 2.88. The van der Waals surface area contributed by atoms with E-state index in [1.807, 2.05) is 0 Å². The van der Waals surface area contributed by atoms with Gasteiger partial charge in [0, 0.05) is 5.57 Å². The number of hydrogen-bond donors (Lipinski definition) is 0. The SMILES string of the molecule is C=C(C)C(=O)OC(CCC)C1CCC(CC)CC1. The molecule has 1 aliphatic rings. The lowest BCUT2D eigenvalue weighted by Crippen LogP contribution is -2.30. The van der Waals surface area contributed by atoms with Crippen LogP contribution < -0.4 is 0 Å². The van der Waals surface area contributed by atoms with Gasteiger partial charge in [-0.05, 0) is 38.0 Å². The summed E-state index contributed by atoms with van der Waals surface area (Å²) in [5.41, 5.74) is 0.512. The van der Waals surface area contributed by atoms with E-state index in [9.17, 15) is 4.79 Å². The van der Waals surface area contributed by atoms with Crippen molar-refractivity contribution in [1.82, 2.24) is 0 Å². The Morgan fingerprint density at radius 2 is 1.89 bits per heavy atom. The average Bonchev–Trinajstić information content (AvgIpc) is 2.38. The molecule has 1 unspecified atom stereocenters. The van der Waals surface area contributed by atoms with Crippen molar-refractivity contribution in [3.05, 3.63) is 12.2 Å².